The van der Waals surface area contributed by atoms with Crippen LogP contribution in [0, 0.1) is 0 Å². The highest BCUT2D eigenvalue weighted by Crippen LogP contribution is 2.25. The Morgan fingerprint density at radius 3 is 1.90 bits per heavy atom. The Kier molecular flexibility index (Phi) is 5.90. The van der Waals surface area contributed by atoms with Crippen LogP contribution in [0.25, 0.3) is 21.5 Å². The first-order valence-corrected chi connectivity index (χ1v) is 10.1. The SMILES string of the molecule is Nc1cccc2ccc(NCc3ccccc3)cc12.Nc1cccc2ccc(O)cc12. The van der Waals surface area contributed by atoms with E-state index in [2.05, 4.69) is 53.8 Å². The maximum absolute atomic E-state index is 9.20. The minimum atomic E-state index is 0.250. The molecule has 0 heterocycles. The highest BCUT2D eigenvalue weighted by molar-refractivity contribution is 5.95. The van der Waals surface area contributed by atoms with Crippen molar-refractivity contribution in [3.8, 4) is 5.75 Å². The molecule has 0 radical (unpaired) electrons. The maximum atomic E-state index is 9.20. The van der Waals surface area contributed by atoms with Crippen LogP contribution in [0.4, 0.5) is 17.1 Å². The number of rotatable bonds is 3. The number of hydrogen-bond donors (Lipinski definition) is 4. The number of nitrogen functional groups attached to an aromatic ring is 2. The van der Waals surface area contributed by atoms with Gasteiger partial charge in [-0.2, -0.15) is 0 Å². The minimum Gasteiger partial charge on any atom is -0.508 e. The molecular formula is C27H25N3O. The lowest BCUT2D eigenvalue weighted by atomic mass is 10.1. The van der Waals surface area contributed by atoms with E-state index < -0.39 is 0 Å². The van der Waals surface area contributed by atoms with Gasteiger partial charge in [-0.1, -0.05) is 66.7 Å². The predicted molar refractivity (Wildman–Crippen MR) is 132 cm³/mol. The van der Waals surface area contributed by atoms with Crippen LogP contribution in [-0.4, -0.2) is 5.11 Å². The van der Waals surface area contributed by atoms with Gasteiger partial charge in [0, 0.05) is 34.4 Å². The van der Waals surface area contributed by atoms with E-state index in [-0.39, 0.29) is 5.75 Å². The molecule has 0 amide bonds. The third-order valence-corrected chi connectivity index (χ3v) is 5.15. The van der Waals surface area contributed by atoms with Gasteiger partial charge in [-0.3, -0.25) is 0 Å². The topological polar surface area (TPSA) is 84.3 Å². The van der Waals surface area contributed by atoms with Crippen molar-refractivity contribution in [1.82, 2.24) is 0 Å². The van der Waals surface area contributed by atoms with Crippen LogP contribution in [0.1, 0.15) is 5.56 Å². The van der Waals surface area contributed by atoms with Gasteiger partial charge in [0.2, 0.25) is 0 Å². The summed E-state index contributed by atoms with van der Waals surface area (Å²) >= 11 is 0. The highest BCUT2D eigenvalue weighted by atomic mass is 16.3. The number of fused-ring (bicyclic) bond motifs is 2. The summed E-state index contributed by atoms with van der Waals surface area (Å²) in [4.78, 5) is 0. The van der Waals surface area contributed by atoms with E-state index in [1.54, 1.807) is 12.1 Å². The fourth-order valence-electron chi connectivity index (χ4n) is 3.49. The minimum absolute atomic E-state index is 0.250. The number of phenolic OH excluding ortho intramolecular Hbond substituents is 1. The first-order chi connectivity index (χ1) is 15.1. The van der Waals surface area contributed by atoms with E-state index in [1.807, 2.05) is 42.5 Å². The monoisotopic (exact) mass is 407 g/mol. The Labute approximate surface area is 181 Å². The van der Waals surface area contributed by atoms with E-state index in [0.29, 0.717) is 5.69 Å². The van der Waals surface area contributed by atoms with Gasteiger partial charge in [0.25, 0.3) is 0 Å². The number of hydrogen-bond acceptors (Lipinski definition) is 4. The lowest BCUT2D eigenvalue weighted by molar-refractivity contribution is 0.476. The zero-order valence-corrected chi connectivity index (χ0v) is 17.1. The van der Waals surface area contributed by atoms with Gasteiger partial charge in [-0.05, 0) is 52.7 Å². The number of phenols is 1. The van der Waals surface area contributed by atoms with Crippen molar-refractivity contribution in [2.45, 2.75) is 6.54 Å². The molecule has 0 aliphatic heterocycles. The Morgan fingerprint density at radius 1 is 0.613 bits per heavy atom. The van der Waals surface area contributed by atoms with Crippen molar-refractivity contribution in [3.05, 3.63) is 109 Å². The van der Waals surface area contributed by atoms with Gasteiger partial charge in [-0.25, -0.2) is 0 Å². The maximum Gasteiger partial charge on any atom is 0.116 e. The molecule has 0 aromatic heterocycles. The fraction of sp³-hybridized carbons (Fsp3) is 0.0370. The Balaban J connectivity index is 0.000000166. The standard InChI is InChI=1S/C17H16N2.C10H9NO/c18-17-8-4-7-14-9-10-15(11-16(14)17)19-12-13-5-2-1-3-6-13;11-10-3-1-2-7-4-5-8(12)6-9(7)10/h1-11,19H,12,18H2;1-6,12H,11H2. The molecule has 0 unspecified atom stereocenters. The molecule has 4 heteroatoms. The molecule has 0 fully saturated rings. The van der Waals surface area contributed by atoms with Crippen LogP contribution < -0.4 is 16.8 Å². The third kappa shape index (κ3) is 4.87. The molecule has 0 bridgehead atoms. The number of nitrogens with two attached hydrogens (primary N) is 2. The Morgan fingerprint density at radius 2 is 1.23 bits per heavy atom. The predicted octanol–water partition coefficient (Wildman–Crippen LogP) is 6.16. The quantitative estimate of drug-likeness (QED) is 0.270. The van der Waals surface area contributed by atoms with Gasteiger partial charge in [0.15, 0.2) is 0 Å². The van der Waals surface area contributed by atoms with Gasteiger partial charge < -0.3 is 21.9 Å². The zero-order chi connectivity index (χ0) is 21.6. The van der Waals surface area contributed by atoms with E-state index in [9.17, 15) is 5.11 Å². The van der Waals surface area contributed by atoms with E-state index in [4.69, 9.17) is 11.5 Å². The summed E-state index contributed by atoms with van der Waals surface area (Å²) in [6.07, 6.45) is 0. The molecule has 5 aromatic carbocycles. The summed E-state index contributed by atoms with van der Waals surface area (Å²) in [6.45, 7) is 0.819. The second-order valence-corrected chi connectivity index (χ2v) is 7.37. The smallest absolute Gasteiger partial charge is 0.116 e. The summed E-state index contributed by atoms with van der Waals surface area (Å²) in [6, 6.07) is 33.5. The van der Waals surface area contributed by atoms with Crippen LogP contribution in [0.2, 0.25) is 0 Å². The summed E-state index contributed by atoms with van der Waals surface area (Å²) in [5.74, 6) is 0.250. The molecule has 0 aliphatic carbocycles. The van der Waals surface area contributed by atoms with E-state index in [0.717, 1.165) is 34.1 Å². The van der Waals surface area contributed by atoms with Crippen LogP contribution in [-0.2, 0) is 6.54 Å². The summed E-state index contributed by atoms with van der Waals surface area (Å²) in [5, 5.41) is 16.8. The van der Waals surface area contributed by atoms with Gasteiger partial charge >= 0.3 is 0 Å². The Bertz CT molecular complexity index is 1320. The van der Waals surface area contributed by atoms with Crippen molar-refractivity contribution in [3.63, 3.8) is 0 Å². The summed E-state index contributed by atoms with van der Waals surface area (Å²) in [7, 11) is 0. The second kappa shape index (κ2) is 9.09. The first-order valence-electron chi connectivity index (χ1n) is 10.1. The van der Waals surface area contributed by atoms with Crippen LogP contribution in [0.15, 0.2) is 103 Å². The average molecular weight is 408 g/mol. The molecule has 31 heavy (non-hydrogen) atoms. The van der Waals surface area contributed by atoms with Gasteiger partial charge in [-0.15, -0.1) is 0 Å². The molecule has 0 aliphatic rings. The lowest BCUT2D eigenvalue weighted by Crippen LogP contribution is -1.99. The molecule has 0 saturated carbocycles. The van der Waals surface area contributed by atoms with Crippen molar-refractivity contribution in [2.75, 3.05) is 16.8 Å². The van der Waals surface area contributed by atoms with Crippen LogP contribution >= 0.6 is 0 Å². The summed E-state index contributed by atoms with van der Waals surface area (Å²) in [5.41, 5.74) is 15.6. The molecule has 5 rings (SSSR count). The molecular weight excluding hydrogens is 382 g/mol. The molecule has 154 valence electrons. The van der Waals surface area contributed by atoms with Crippen molar-refractivity contribution in [1.29, 1.82) is 0 Å². The molecule has 6 N–H and O–H groups in total. The number of nitrogens with one attached hydrogen (secondary N) is 1. The molecule has 0 saturated heterocycles. The van der Waals surface area contributed by atoms with Gasteiger partial charge in [0.05, 0.1) is 0 Å². The zero-order valence-electron chi connectivity index (χ0n) is 17.1. The second-order valence-electron chi connectivity index (χ2n) is 7.37. The van der Waals surface area contributed by atoms with Crippen molar-refractivity contribution in [2.24, 2.45) is 0 Å². The Hall–Kier alpha value is -4.18. The van der Waals surface area contributed by atoms with Crippen molar-refractivity contribution >= 4 is 38.6 Å². The molecule has 5 aromatic rings. The number of benzene rings is 5. The number of anilines is 3. The van der Waals surface area contributed by atoms with Crippen LogP contribution in [0.3, 0.4) is 0 Å². The summed E-state index contributed by atoms with van der Waals surface area (Å²) < 4.78 is 0. The van der Waals surface area contributed by atoms with Crippen LogP contribution in [0.5, 0.6) is 5.75 Å². The van der Waals surface area contributed by atoms with Gasteiger partial charge in [0.1, 0.15) is 5.75 Å². The largest absolute Gasteiger partial charge is 0.508 e. The van der Waals surface area contributed by atoms with E-state index in [1.165, 1.54) is 10.9 Å². The average Bonchev–Trinajstić information content (AvgIpc) is 2.80. The normalized spacial score (nSPS) is 10.5. The molecule has 4 nitrogen and oxygen atoms in total. The number of aromatic hydroxyl groups is 1. The fourth-order valence-corrected chi connectivity index (χ4v) is 3.49. The van der Waals surface area contributed by atoms with Crippen molar-refractivity contribution < 1.29 is 5.11 Å². The molecule has 0 spiro atoms. The third-order valence-electron chi connectivity index (χ3n) is 5.15. The lowest BCUT2D eigenvalue weighted by Gasteiger charge is -2.09. The highest BCUT2D eigenvalue weighted by Gasteiger charge is 2.00. The van der Waals surface area contributed by atoms with E-state index >= 15 is 0 Å². The first kappa shape index (κ1) is 20.1. The molecule has 0 atom stereocenters.